The molecule has 1 aromatic heterocycles. The van der Waals surface area contributed by atoms with Gasteiger partial charge in [-0.1, -0.05) is 6.07 Å². The van der Waals surface area contributed by atoms with Crippen LogP contribution in [0.2, 0.25) is 0 Å². The molecule has 0 aromatic carbocycles. The average Bonchev–Trinajstić information content (AvgIpc) is 2.65. The smallest absolute Gasteiger partial charge is 0.402 e. The van der Waals surface area contributed by atoms with E-state index in [2.05, 4.69) is 4.98 Å². The third kappa shape index (κ3) is 6.36. The van der Waals surface area contributed by atoms with Crippen molar-refractivity contribution in [2.45, 2.75) is 54.1 Å². The molecule has 1 heterocycles. The van der Waals surface area contributed by atoms with Crippen LogP contribution in [0.25, 0.3) is 0 Å². The van der Waals surface area contributed by atoms with Crippen molar-refractivity contribution in [3.05, 3.63) is 30.6 Å². The molecule has 0 spiro atoms. The molecule has 0 saturated carbocycles. The minimum absolute atomic E-state index is 1.88. The Labute approximate surface area is 175 Å². The van der Waals surface area contributed by atoms with E-state index in [4.69, 9.17) is 0 Å². The summed E-state index contributed by atoms with van der Waals surface area (Å²) < 4.78 is 208. The summed E-state index contributed by atoms with van der Waals surface area (Å²) in [5, 5.41) is -7.57. The maximum atomic E-state index is 13.1. The molecule has 0 amide bonds. The highest BCUT2D eigenvalue weighted by atomic mass is 32.2. The number of aromatic nitrogens is 1. The molecule has 0 aliphatic carbocycles. The molecule has 4 nitrogen and oxygen atoms in total. The lowest BCUT2D eigenvalue weighted by molar-refractivity contribution is -0.397. The molecule has 194 valence electrons. The van der Waals surface area contributed by atoms with Crippen LogP contribution in [-0.2, 0) is 10.1 Å². The lowest BCUT2D eigenvalue weighted by atomic mass is 9.93. The van der Waals surface area contributed by atoms with Crippen molar-refractivity contribution in [2.24, 2.45) is 0 Å². The Balaban J connectivity index is 0.00000146. The topological polar surface area (TPSA) is 71.3 Å². The van der Waals surface area contributed by atoms with Crippen molar-refractivity contribution in [2.75, 3.05) is 0 Å². The van der Waals surface area contributed by atoms with E-state index in [9.17, 15) is 74.4 Å². The fraction of sp³-hybridized carbons (Fsp3) is 0.643. The molecule has 1 rings (SSSR count). The molecule has 19 heteroatoms. The maximum Gasteiger partial charge on any atom is 0.402 e. The van der Waals surface area contributed by atoms with Crippen molar-refractivity contribution >= 4 is 10.1 Å². The summed E-state index contributed by atoms with van der Waals surface area (Å²) in [6.07, 6.45) is -11.9. The Hall–Kier alpha value is -1.92. The highest BCUT2D eigenvalue weighted by Crippen LogP contribution is 2.59. The molecule has 33 heavy (non-hydrogen) atoms. The number of alkyl halides is 14. The second-order valence-electron chi connectivity index (χ2n) is 6.02. The molecule has 0 fully saturated rings. The Morgan fingerprint density at radius 3 is 1.42 bits per heavy atom. The summed E-state index contributed by atoms with van der Waals surface area (Å²) >= 11 is 0. The van der Waals surface area contributed by atoms with E-state index < -0.39 is 64.3 Å². The highest BCUT2D eigenvalue weighted by molar-refractivity contribution is 7.86. The van der Waals surface area contributed by atoms with Gasteiger partial charge >= 0.3 is 35.1 Å². The number of H-pyrrole nitrogens is 1. The van der Waals surface area contributed by atoms with Crippen molar-refractivity contribution in [1.29, 1.82) is 0 Å². The van der Waals surface area contributed by atoms with Crippen LogP contribution in [0.1, 0.15) is 12.8 Å². The van der Waals surface area contributed by atoms with E-state index in [1.165, 1.54) is 0 Å². The molecule has 1 N–H and O–H groups in total. The maximum absolute atomic E-state index is 13.1. The van der Waals surface area contributed by atoms with Crippen LogP contribution in [0.15, 0.2) is 30.6 Å². The number of nitrogens with one attached hydrogen (secondary N) is 1. The highest BCUT2D eigenvalue weighted by Gasteiger charge is 2.88. The molecule has 1 atom stereocenters. The molecule has 0 aliphatic heterocycles. The van der Waals surface area contributed by atoms with Gasteiger partial charge in [-0.3, -0.25) is 0 Å². The summed E-state index contributed by atoms with van der Waals surface area (Å²) in [6.45, 7) is 0. The second kappa shape index (κ2) is 9.75. The van der Waals surface area contributed by atoms with Crippen LogP contribution in [-0.4, -0.2) is 54.3 Å². The minimum Gasteiger partial charge on any atom is -0.743 e. The van der Waals surface area contributed by atoms with Gasteiger partial charge in [0.25, 0.3) is 0 Å². The fourth-order valence-electron chi connectivity index (χ4n) is 1.76. The van der Waals surface area contributed by atoms with Gasteiger partial charge in [0.2, 0.25) is 0 Å². The van der Waals surface area contributed by atoms with Crippen molar-refractivity contribution in [3.8, 4) is 0 Å². The first-order chi connectivity index (χ1) is 14.4. The zero-order valence-electron chi connectivity index (χ0n) is 15.3. The molecular formula is C14H11F14NO3S. The van der Waals surface area contributed by atoms with E-state index in [1.807, 2.05) is 30.6 Å². The largest absolute Gasteiger partial charge is 0.743 e. The number of rotatable bonds is 8. The van der Waals surface area contributed by atoms with E-state index in [0.717, 1.165) is 0 Å². The van der Waals surface area contributed by atoms with Crippen LogP contribution < -0.4 is 4.98 Å². The number of hydrogen-bond acceptors (Lipinski definition) is 3. The first kappa shape index (κ1) is 31.1. The standard InChI is InChI=1S/C9H6F14O3S.C5H5N/c10-3(1-2-4(11,12)13)5(14,15)6(16,17)7(18,19)8(20,21)9(22,23)27(24,25)26;1-2-4-6-5-3-1/h3H,1-2H2,(H,24,25,26);1-5H. The quantitative estimate of drug-likeness (QED) is 0.351. The summed E-state index contributed by atoms with van der Waals surface area (Å²) in [4.78, 5) is 2.89. The van der Waals surface area contributed by atoms with Crippen molar-refractivity contribution in [1.82, 2.24) is 0 Å². The van der Waals surface area contributed by atoms with Gasteiger partial charge in [0.05, 0.1) is 0 Å². The summed E-state index contributed by atoms with van der Waals surface area (Å²) in [5.41, 5.74) is 0. The molecule has 1 aromatic rings. The minimum atomic E-state index is -8.09. The summed E-state index contributed by atoms with van der Waals surface area (Å²) in [6, 6.07) is 5.86. The van der Waals surface area contributed by atoms with Gasteiger partial charge in [-0.25, -0.2) is 17.8 Å². The van der Waals surface area contributed by atoms with Gasteiger partial charge in [0.1, 0.15) is 0 Å². The number of aromatic amines is 1. The predicted molar refractivity (Wildman–Crippen MR) is 77.6 cm³/mol. The Kier molecular flexibility index (Phi) is 9.18. The van der Waals surface area contributed by atoms with Gasteiger partial charge in [0, 0.05) is 18.6 Å². The van der Waals surface area contributed by atoms with Gasteiger partial charge < -0.3 is 4.55 Å². The van der Waals surface area contributed by atoms with Crippen LogP contribution in [0.3, 0.4) is 0 Å². The van der Waals surface area contributed by atoms with E-state index in [0.29, 0.717) is 0 Å². The molecule has 0 radical (unpaired) electrons. The number of hydrogen-bond donors (Lipinski definition) is 0. The number of pyridine rings is 1. The first-order valence-corrected chi connectivity index (χ1v) is 9.25. The van der Waals surface area contributed by atoms with Crippen molar-refractivity contribution < 1.29 is 79.4 Å². The Bertz CT molecular complexity index is 831. The van der Waals surface area contributed by atoms with Crippen LogP contribution in [0.4, 0.5) is 61.5 Å². The molecule has 0 aliphatic rings. The van der Waals surface area contributed by atoms with Gasteiger partial charge in [0.15, 0.2) is 28.7 Å². The van der Waals surface area contributed by atoms with E-state index in [-0.39, 0.29) is 0 Å². The van der Waals surface area contributed by atoms with E-state index >= 15 is 0 Å². The summed E-state index contributed by atoms with van der Waals surface area (Å²) in [5.74, 6) is -31.0. The monoisotopic (exact) mass is 539 g/mol. The third-order valence-electron chi connectivity index (χ3n) is 3.57. The second-order valence-corrected chi connectivity index (χ2v) is 7.44. The first-order valence-electron chi connectivity index (χ1n) is 7.84. The van der Waals surface area contributed by atoms with Crippen LogP contribution in [0.5, 0.6) is 0 Å². The molecule has 0 bridgehead atoms. The average molecular weight is 539 g/mol. The van der Waals surface area contributed by atoms with Gasteiger partial charge in [-0.15, -0.1) is 0 Å². The molecular weight excluding hydrogens is 528 g/mol. The normalized spacial score (nSPS) is 15.5. The zero-order valence-corrected chi connectivity index (χ0v) is 16.1. The lowest BCUT2D eigenvalue weighted by Crippen LogP contribution is -2.70. The third-order valence-corrected chi connectivity index (χ3v) is 4.45. The van der Waals surface area contributed by atoms with Crippen LogP contribution >= 0.6 is 0 Å². The van der Waals surface area contributed by atoms with Gasteiger partial charge in [-0.2, -0.15) is 57.1 Å². The van der Waals surface area contributed by atoms with Crippen LogP contribution in [0, 0.1) is 0 Å². The molecule has 0 saturated heterocycles. The molecule has 1 unspecified atom stereocenters. The summed E-state index contributed by atoms with van der Waals surface area (Å²) in [7, 11) is -7.83. The number of halogens is 14. The predicted octanol–water partition coefficient (Wildman–Crippen LogP) is 4.85. The fourth-order valence-corrected chi connectivity index (χ4v) is 2.20. The van der Waals surface area contributed by atoms with Crippen molar-refractivity contribution in [3.63, 3.8) is 0 Å². The zero-order chi connectivity index (χ0) is 26.7. The lowest BCUT2D eigenvalue weighted by Gasteiger charge is -2.40. The van der Waals surface area contributed by atoms with Gasteiger partial charge in [-0.05, 0) is 6.42 Å². The SMILES string of the molecule is O=S(=O)([O-])C(F)(F)C(F)(F)C(F)(F)C(F)(F)C(F)(F)C(F)CCC(F)(F)F.c1cc[nH+]cc1. The Morgan fingerprint density at radius 2 is 1.15 bits per heavy atom. The van der Waals surface area contributed by atoms with E-state index in [1.54, 1.807) is 0 Å². The Morgan fingerprint density at radius 1 is 0.727 bits per heavy atom.